The fourth-order valence-corrected chi connectivity index (χ4v) is 4.51. The van der Waals surface area contributed by atoms with Crippen LogP contribution in [-0.4, -0.2) is 65.7 Å². The first-order chi connectivity index (χ1) is 12.8. The zero-order valence-corrected chi connectivity index (χ0v) is 18.2. The molecule has 9 heteroatoms. The molecule has 1 unspecified atom stereocenters. The average Bonchev–Trinajstić information content (AvgIpc) is 3.13. The SMILES string of the molecule is COCCNS(=O)(=O)c1ccc(Br)c(C(=O)NCC(C)CN2CCCC2)c1. The van der Waals surface area contributed by atoms with Crippen LogP contribution in [0, 0.1) is 5.92 Å². The lowest BCUT2D eigenvalue weighted by molar-refractivity contribution is 0.0944. The summed E-state index contributed by atoms with van der Waals surface area (Å²) in [6, 6.07) is 4.43. The van der Waals surface area contributed by atoms with E-state index in [0.717, 1.165) is 19.6 Å². The van der Waals surface area contributed by atoms with E-state index in [1.165, 1.54) is 32.1 Å². The maximum absolute atomic E-state index is 12.6. The Morgan fingerprint density at radius 1 is 1.33 bits per heavy atom. The molecule has 1 aliphatic heterocycles. The van der Waals surface area contributed by atoms with Crippen molar-refractivity contribution >= 4 is 31.9 Å². The van der Waals surface area contributed by atoms with Gasteiger partial charge >= 0.3 is 0 Å². The number of amides is 1. The number of methoxy groups -OCH3 is 1. The van der Waals surface area contributed by atoms with Crippen LogP contribution in [0.2, 0.25) is 0 Å². The van der Waals surface area contributed by atoms with Gasteiger partial charge in [-0.2, -0.15) is 0 Å². The molecular weight excluding hydrogens is 434 g/mol. The number of carbonyl (C=O) groups is 1. The zero-order valence-electron chi connectivity index (χ0n) is 15.8. The normalized spacial score (nSPS) is 16.4. The van der Waals surface area contributed by atoms with Crippen molar-refractivity contribution in [3.63, 3.8) is 0 Å². The third kappa shape index (κ3) is 6.83. The van der Waals surface area contributed by atoms with Gasteiger partial charge < -0.3 is 15.0 Å². The summed E-state index contributed by atoms with van der Waals surface area (Å²) in [5.74, 6) is 0.0394. The Labute approximate surface area is 170 Å². The van der Waals surface area contributed by atoms with E-state index in [4.69, 9.17) is 4.74 Å². The van der Waals surface area contributed by atoms with E-state index in [-0.39, 0.29) is 24.0 Å². The van der Waals surface area contributed by atoms with Crippen LogP contribution in [0.1, 0.15) is 30.1 Å². The second kappa shape index (κ2) is 10.5. The van der Waals surface area contributed by atoms with E-state index < -0.39 is 10.0 Å². The van der Waals surface area contributed by atoms with Gasteiger partial charge in [0.05, 0.1) is 17.1 Å². The van der Waals surface area contributed by atoms with Crippen LogP contribution >= 0.6 is 15.9 Å². The van der Waals surface area contributed by atoms with E-state index in [1.807, 2.05) is 0 Å². The van der Waals surface area contributed by atoms with Crippen LogP contribution in [0.3, 0.4) is 0 Å². The number of ether oxygens (including phenoxy) is 1. The minimum atomic E-state index is -3.69. The quantitative estimate of drug-likeness (QED) is 0.519. The summed E-state index contributed by atoms with van der Waals surface area (Å²) in [7, 11) is -2.19. The fraction of sp³-hybridized carbons (Fsp3) is 0.611. The zero-order chi connectivity index (χ0) is 19.9. The highest BCUT2D eigenvalue weighted by atomic mass is 79.9. The number of nitrogens with one attached hydrogen (secondary N) is 2. The summed E-state index contributed by atoms with van der Waals surface area (Å²) in [5, 5.41) is 2.91. The lowest BCUT2D eigenvalue weighted by atomic mass is 10.1. The standard InChI is InChI=1S/C18H28BrN3O4S/c1-14(13-22-8-3-4-9-22)12-20-18(23)16-11-15(5-6-17(16)19)27(24,25)21-7-10-26-2/h5-6,11,14,21H,3-4,7-10,12-13H2,1-2H3,(H,20,23). The molecule has 152 valence electrons. The van der Waals surface area contributed by atoms with Crippen molar-refractivity contribution in [2.24, 2.45) is 5.92 Å². The van der Waals surface area contributed by atoms with Crippen molar-refractivity contribution < 1.29 is 17.9 Å². The Bertz CT molecular complexity index is 736. The molecule has 0 radical (unpaired) electrons. The molecule has 0 spiro atoms. The Hall–Kier alpha value is -1.00. The number of likely N-dealkylation sites (tertiary alicyclic amines) is 1. The van der Waals surface area contributed by atoms with E-state index in [0.29, 0.717) is 22.5 Å². The van der Waals surface area contributed by atoms with Crippen molar-refractivity contribution in [1.82, 2.24) is 14.9 Å². The number of benzene rings is 1. The Kier molecular flexibility index (Phi) is 8.68. The van der Waals surface area contributed by atoms with Gasteiger partial charge in [-0.05, 0) is 66.0 Å². The smallest absolute Gasteiger partial charge is 0.252 e. The average molecular weight is 462 g/mol. The third-order valence-corrected chi connectivity index (χ3v) is 6.62. The molecule has 1 aliphatic rings. The van der Waals surface area contributed by atoms with E-state index >= 15 is 0 Å². The number of rotatable bonds is 10. The van der Waals surface area contributed by atoms with Gasteiger partial charge in [-0.3, -0.25) is 4.79 Å². The highest BCUT2D eigenvalue weighted by Crippen LogP contribution is 2.21. The molecule has 7 nitrogen and oxygen atoms in total. The Morgan fingerprint density at radius 2 is 2.04 bits per heavy atom. The molecule has 0 aromatic heterocycles. The van der Waals surface area contributed by atoms with Crippen LogP contribution in [0.15, 0.2) is 27.6 Å². The molecule has 1 saturated heterocycles. The summed E-state index contributed by atoms with van der Waals surface area (Å²) in [4.78, 5) is 15.0. The van der Waals surface area contributed by atoms with Gasteiger partial charge in [0.2, 0.25) is 10.0 Å². The number of halogens is 1. The van der Waals surface area contributed by atoms with Crippen molar-refractivity contribution in [3.8, 4) is 0 Å². The maximum atomic E-state index is 12.6. The van der Waals surface area contributed by atoms with Gasteiger partial charge in [0.1, 0.15) is 0 Å². The first-order valence-corrected chi connectivity index (χ1v) is 11.4. The van der Waals surface area contributed by atoms with Crippen LogP contribution < -0.4 is 10.0 Å². The van der Waals surface area contributed by atoms with E-state index in [9.17, 15) is 13.2 Å². The van der Waals surface area contributed by atoms with Gasteiger partial charge in [-0.15, -0.1) is 0 Å². The Morgan fingerprint density at radius 3 is 2.70 bits per heavy atom. The number of hydrogen-bond donors (Lipinski definition) is 2. The van der Waals surface area contributed by atoms with Gasteiger partial charge in [0.15, 0.2) is 0 Å². The number of carbonyl (C=O) groups excluding carboxylic acids is 1. The molecule has 1 fully saturated rings. The van der Waals surface area contributed by atoms with Crippen LogP contribution in [0.25, 0.3) is 0 Å². The van der Waals surface area contributed by atoms with Gasteiger partial charge in [-0.1, -0.05) is 6.92 Å². The molecule has 27 heavy (non-hydrogen) atoms. The van der Waals surface area contributed by atoms with E-state index in [2.05, 4.69) is 37.8 Å². The predicted molar refractivity (Wildman–Crippen MR) is 108 cm³/mol. The highest BCUT2D eigenvalue weighted by Gasteiger charge is 2.19. The molecule has 1 aromatic carbocycles. The van der Waals surface area contributed by atoms with Crippen LogP contribution in [-0.2, 0) is 14.8 Å². The second-order valence-corrected chi connectivity index (χ2v) is 9.48. The molecule has 1 amide bonds. The predicted octanol–water partition coefficient (Wildman–Crippen LogP) is 1.84. The van der Waals surface area contributed by atoms with Crippen molar-refractivity contribution in [3.05, 3.63) is 28.2 Å². The maximum Gasteiger partial charge on any atom is 0.252 e. The number of sulfonamides is 1. The first-order valence-electron chi connectivity index (χ1n) is 9.12. The van der Waals surface area contributed by atoms with Crippen LogP contribution in [0.4, 0.5) is 0 Å². The lowest BCUT2D eigenvalue weighted by Gasteiger charge is -2.20. The molecular formula is C18H28BrN3O4S. The Balaban J connectivity index is 1.98. The molecule has 0 bridgehead atoms. The largest absolute Gasteiger partial charge is 0.383 e. The minimum Gasteiger partial charge on any atom is -0.383 e. The highest BCUT2D eigenvalue weighted by molar-refractivity contribution is 9.10. The van der Waals surface area contributed by atoms with E-state index in [1.54, 1.807) is 6.07 Å². The molecule has 2 rings (SSSR count). The van der Waals surface area contributed by atoms with Crippen molar-refractivity contribution in [2.45, 2.75) is 24.7 Å². The summed E-state index contributed by atoms with van der Waals surface area (Å²) in [6.07, 6.45) is 2.48. The minimum absolute atomic E-state index is 0.0528. The fourth-order valence-electron chi connectivity index (χ4n) is 3.04. The number of hydrogen-bond acceptors (Lipinski definition) is 5. The summed E-state index contributed by atoms with van der Waals surface area (Å²) < 4.78 is 32.5. The van der Waals surface area contributed by atoms with Gasteiger partial charge in [-0.25, -0.2) is 13.1 Å². The molecule has 0 aliphatic carbocycles. The monoisotopic (exact) mass is 461 g/mol. The molecule has 2 N–H and O–H groups in total. The summed E-state index contributed by atoms with van der Waals surface area (Å²) in [6.45, 7) is 6.31. The third-order valence-electron chi connectivity index (χ3n) is 4.47. The first kappa shape index (κ1) is 22.3. The summed E-state index contributed by atoms with van der Waals surface area (Å²) in [5.41, 5.74) is 0.304. The summed E-state index contributed by atoms with van der Waals surface area (Å²) >= 11 is 3.34. The van der Waals surface area contributed by atoms with Gasteiger partial charge in [0, 0.05) is 31.2 Å². The number of nitrogens with zero attached hydrogens (tertiary/aromatic N) is 1. The van der Waals surface area contributed by atoms with Gasteiger partial charge in [0.25, 0.3) is 5.91 Å². The second-order valence-electron chi connectivity index (χ2n) is 6.86. The molecule has 1 aromatic rings. The molecule has 0 saturated carbocycles. The topological polar surface area (TPSA) is 87.7 Å². The van der Waals surface area contributed by atoms with Crippen LogP contribution in [0.5, 0.6) is 0 Å². The molecule has 1 atom stereocenters. The molecule has 1 heterocycles. The van der Waals surface area contributed by atoms with Crippen molar-refractivity contribution in [2.75, 3.05) is 46.4 Å². The lowest BCUT2D eigenvalue weighted by Crippen LogP contribution is -2.34. The van der Waals surface area contributed by atoms with Crippen molar-refractivity contribution in [1.29, 1.82) is 0 Å².